The van der Waals surface area contributed by atoms with Crippen LogP contribution in [0, 0.1) is 0 Å². The Morgan fingerprint density at radius 1 is 1.29 bits per heavy atom. The molecule has 0 atom stereocenters. The van der Waals surface area contributed by atoms with Crippen LogP contribution in [-0.4, -0.2) is 21.9 Å². The number of carbonyl (C=O) groups is 2. The molecular weight excluding hydrogens is 270 g/mol. The second-order valence-electron chi connectivity index (χ2n) is 4.96. The van der Waals surface area contributed by atoms with Crippen molar-refractivity contribution in [2.45, 2.75) is 38.5 Å². The minimum absolute atomic E-state index is 0.0515. The van der Waals surface area contributed by atoms with E-state index in [1.807, 2.05) is 12.2 Å². The molecule has 0 radical (unpaired) electrons. The number of hydrogen-bond donors (Lipinski definition) is 1. The molecule has 1 aliphatic heterocycles. The molecule has 5 heteroatoms. The summed E-state index contributed by atoms with van der Waals surface area (Å²) in [5, 5.41) is 8.56. The molecule has 112 valence electrons. The smallest absolute Gasteiger partial charge is 0.303 e. The van der Waals surface area contributed by atoms with Gasteiger partial charge >= 0.3 is 5.97 Å². The van der Waals surface area contributed by atoms with Crippen LogP contribution < -0.4 is 0 Å². The van der Waals surface area contributed by atoms with Crippen LogP contribution in [0.5, 0.6) is 0 Å². The Labute approximate surface area is 123 Å². The van der Waals surface area contributed by atoms with Gasteiger partial charge in [-0.05, 0) is 31.3 Å². The third kappa shape index (κ3) is 4.63. The number of aliphatic carboxylic acids is 1. The second-order valence-corrected chi connectivity index (χ2v) is 4.96. The van der Waals surface area contributed by atoms with Crippen molar-refractivity contribution >= 4 is 11.9 Å². The van der Waals surface area contributed by atoms with Gasteiger partial charge in [0.05, 0.1) is 6.20 Å². The summed E-state index contributed by atoms with van der Waals surface area (Å²) in [6.45, 7) is 0. The lowest BCUT2D eigenvalue weighted by molar-refractivity contribution is -0.137. The molecule has 0 saturated heterocycles. The van der Waals surface area contributed by atoms with E-state index in [1.54, 1.807) is 12.4 Å². The summed E-state index contributed by atoms with van der Waals surface area (Å²) in [5.41, 5.74) is 1.07. The SMILES string of the molecule is O=C(O)CCCCC(=O)N1C=COC(C2=CC=CCC2)=C1. The Morgan fingerprint density at radius 3 is 2.81 bits per heavy atom. The van der Waals surface area contributed by atoms with Crippen LogP contribution in [-0.2, 0) is 14.3 Å². The van der Waals surface area contributed by atoms with Crippen LogP contribution >= 0.6 is 0 Å². The highest BCUT2D eigenvalue weighted by Gasteiger charge is 2.16. The number of ether oxygens (including phenoxy) is 1. The fourth-order valence-corrected chi connectivity index (χ4v) is 2.17. The van der Waals surface area contributed by atoms with Crippen LogP contribution in [0.4, 0.5) is 0 Å². The molecule has 0 aromatic carbocycles. The highest BCUT2D eigenvalue weighted by molar-refractivity contribution is 5.78. The third-order valence-corrected chi connectivity index (χ3v) is 3.32. The van der Waals surface area contributed by atoms with E-state index >= 15 is 0 Å². The maximum Gasteiger partial charge on any atom is 0.303 e. The van der Waals surface area contributed by atoms with Crippen LogP contribution in [0.15, 0.2) is 48.2 Å². The standard InChI is InChI=1S/C16H19NO4/c18-15(8-4-5-9-16(19)20)17-10-11-21-14(12-17)13-6-2-1-3-7-13/h1-2,6,10-12H,3-5,7-9H2,(H,19,20). The summed E-state index contributed by atoms with van der Waals surface area (Å²) >= 11 is 0. The van der Waals surface area contributed by atoms with Crippen LogP contribution in [0.2, 0.25) is 0 Å². The Hall–Kier alpha value is -2.30. The van der Waals surface area contributed by atoms with Crippen molar-refractivity contribution in [3.8, 4) is 0 Å². The number of hydrogen-bond acceptors (Lipinski definition) is 3. The summed E-state index contributed by atoms with van der Waals surface area (Å²) < 4.78 is 5.46. The number of nitrogens with zero attached hydrogens (tertiary/aromatic N) is 1. The van der Waals surface area contributed by atoms with Gasteiger partial charge < -0.3 is 9.84 Å². The average molecular weight is 289 g/mol. The van der Waals surface area contributed by atoms with Crippen molar-refractivity contribution in [3.63, 3.8) is 0 Å². The third-order valence-electron chi connectivity index (χ3n) is 3.32. The van der Waals surface area contributed by atoms with E-state index in [2.05, 4.69) is 6.08 Å². The number of carboxylic acid groups (broad SMARTS) is 1. The molecule has 0 bridgehead atoms. The summed E-state index contributed by atoms with van der Waals surface area (Å²) in [6, 6.07) is 0. The number of carboxylic acids is 1. The van der Waals surface area contributed by atoms with E-state index in [0.717, 1.165) is 18.4 Å². The highest BCUT2D eigenvalue weighted by Crippen LogP contribution is 2.24. The Kier molecular flexibility index (Phi) is 5.37. The first-order valence-electron chi connectivity index (χ1n) is 7.11. The highest BCUT2D eigenvalue weighted by atomic mass is 16.5. The fourth-order valence-electron chi connectivity index (χ4n) is 2.17. The van der Waals surface area contributed by atoms with E-state index in [1.165, 1.54) is 11.2 Å². The topological polar surface area (TPSA) is 66.8 Å². The van der Waals surface area contributed by atoms with E-state index in [9.17, 15) is 9.59 Å². The molecule has 0 unspecified atom stereocenters. The number of allylic oxidation sites excluding steroid dienone is 4. The lowest BCUT2D eigenvalue weighted by Gasteiger charge is -2.21. The maximum absolute atomic E-state index is 12.1. The van der Waals surface area contributed by atoms with Gasteiger partial charge in [-0.15, -0.1) is 0 Å². The van der Waals surface area contributed by atoms with Crippen LogP contribution in [0.1, 0.15) is 38.5 Å². The second kappa shape index (κ2) is 7.47. The van der Waals surface area contributed by atoms with Crippen molar-refractivity contribution in [2.24, 2.45) is 0 Å². The molecule has 5 nitrogen and oxygen atoms in total. The summed E-state index contributed by atoms with van der Waals surface area (Å²) in [7, 11) is 0. The van der Waals surface area contributed by atoms with Gasteiger partial charge in [-0.1, -0.05) is 18.2 Å². The molecule has 1 aliphatic carbocycles. The van der Waals surface area contributed by atoms with Crippen LogP contribution in [0.3, 0.4) is 0 Å². The largest absolute Gasteiger partial charge is 0.481 e. The lowest BCUT2D eigenvalue weighted by atomic mass is 10.0. The predicted molar refractivity (Wildman–Crippen MR) is 77.7 cm³/mol. The van der Waals surface area contributed by atoms with E-state index in [0.29, 0.717) is 25.0 Å². The van der Waals surface area contributed by atoms with Crippen molar-refractivity contribution in [3.05, 3.63) is 48.2 Å². The predicted octanol–water partition coefficient (Wildman–Crippen LogP) is 3.08. The van der Waals surface area contributed by atoms with Crippen molar-refractivity contribution in [2.75, 3.05) is 0 Å². The number of amides is 1. The minimum Gasteiger partial charge on any atom is -0.481 e. The van der Waals surface area contributed by atoms with Gasteiger partial charge in [-0.25, -0.2) is 0 Å². The molecule has 2 aliphatic rings. The van der Waals surface area contributed by atoms with E-state index in [-0.39, 0.29) is 12.3 Å². The van der Waals surface area contributed by atoms with Gasteiger partial charge in [-0.3, -0.25) is 14.5 Å². The van der Waals surface area contributed by atoms with Gasteiger partial charge in [-0.2, -0.15) is 0 Å². The number of unbranched alkanes of at least 4 members (excludes halogenated alkanes) is 1. The molecule has 0 fully saturated rings. The monoisotopic (exact) mass is 289 g/mol. The molecular formula is C16H19NO4. The molecule has 0 aromatic rings. The molecule has 21 heavy (non-hydrogen) atoms. The normalized spacial score (nSPS) is 17.0. The summed E-state index contributed by atoms with van der Waals surface area (Å²) in [6.07, 6.45) is 14.3. The zero-order valence-corrected chi connectivity index (χ0v) is 11.8. The molecule has 1 amide bonds. The first-order chi connectivity index (χ1) is 10.2. The fraction of sp³-hybridized carbons (Fsp3) is 0.375. The molecule has 0 aromatic heterocycles. The van der Waals surface area contributed by atoms with Gasteiger partial charge in [0.25, 0.3) is 0 Å². The van der Waals surface area contributed by atoms with Gasteiger partial charge in [0.15, 0.2) is 0 Å². The van der Waals surface area contributed by atoms with E-state index in [4.69, 9.17) is 9.84 Å². The van der Waals surface area contributed by atoms with Crippen LogP contribution in [0.25, 0.3) is 0 Å². The average Bonchev–Trinajstić information content (AvgIpc) is 2.52. The van der Waals surface area contributed by atoms with Gasteiger partial charge in [0.1, 0.15) is 12.0 Å². The van der Waals surface area contributed by atoms with Crippen molar-refractivity contribution in [1.29, 1.82) is 0 Å². The maximum atomic E-state index is 12.1. The Bertz CT molecular complexity index is 528. The van der Waals surface area contributed by atoms with Crippen molar-refractivity contribution < 1.29 is 19.4 Å². The summed E-state index contributed by atoms with van der Waals surface area (Å²) in [5.74, 6) is -0.182. The molecule has 2 rings (SSSR count). The van der Waals surface area contributed by atoms with E-state index < -0.39 is 5.97 Å². The van der Waals surface area contributed by atoms with Crippen molar-refractivity contribution in [1.82, 2.24) is 4.90 Å². The molecule has 1 heterocycles. The number of rotatable bonds is 6. The Morgan fingerprint density at radius 2 is 2.10 bits per heavy atom. The Balaban J connectivity index is 1.88. The summed E-state index contributed by atoms with van der Waals surface area (Å²) in [4.78, 5) is 24.0. The molecule has 0 spiro atoms. The molecule has 1 N–H and O–H groups in total. The lowest BCUT2D eigenvalue weighted by Crippen LogP contribution is -2.23. The minimum atomic E-state index is -0.826. The quantitative estimate of drug-likeness (QED) is 0.763. The van der Waals surface area contributed by atoms with Gasteiger partial charge in [0, 0.05) is 19.0 Å². The first-order valence-corrected chi connectivity index (χ1v) is 7.11. The first kappa shape index (κ1) is 15.1. The number of carbonyl (C=O) groups excluding carboxylic acids is 1. The van der Waals surface area contributed by atoms with Gasteiger partial charge in [0.2, 0.25) is 5.91 Å². The molecule has 0 saturated carbocycles. The zero-order valence-electron chi connectivity index (χ0n) is 11.8. The zero-order chi connectivity index (χ0) is 15.1.